The summed E-state index contributed by atoms with van der Waals surface area (Å²) in [4.78, 5) is 25.1. The molecule has 1 amide bonds. The van der Waals surface area contributed by atoms with Crippen LogP contribution in [0.2, 0.25) is 0 Å². The summed E-state index contributed by atoms with van der Waals surface area (Å²) in [5.41, 5.74) is 0.906. The molecule has 2 N–H and O–H groups in total. The van der Waals surface area contributed by atoms with Crippen molar-refractivity contribution < 1.29 is 18.0 Å². The van der Waals surface area contributed by atoms with E-state index >= 15 is 0 Å². The number of nitrogens with zero attached hydrogens (tertiary/aromatic N) is 3. The van der Waals surface area contributed by atoms with Crippen molar-refractivity contribution in [1.29, 1.82) is 0 Å². The average molecular weight is 425 g/mol. The molecule has 3 heterocycles. The van der Waals surface area contributed by atoms with Gasteiger partial charge in [0.25, 0.3) is 0 Å². The molecule has 1 atom stereocenters. The fourth-order valence-electron chi connectivity index (χ4n) is 3.40. The Hall–Kier alpha value is -3.80. The topological polar surface area (TPSA) is 73.9 Å². The first kappa shape index (κ1) is 20.5. The number of aromatic amines is 1. The minimum atomic E-state index is -4.37. The number of benzene rings is 1. The number of fused-ring (bicyclic) bond motifs is 1. The first-order valence-corrected chi connectivity index (χ1v) is 9.54. The molecule has 0 spiro atoms. The van der Waals surface area contributed by atoms with Crippen LogP contribution in [0.4, 0.5) is 19.0 Å². The third kappa shape index (κ3) is 4.53. The van der Waals surface area contributed by atoms with Crippen LogP contribution in [-0.2, 0) is 11.0 Å². The van der Waals surface area contributed by atoms with Crippen molar-refractivity contribution in [3.05, 3.63) is 66.1 Å². The van der Waals surface area contributed by atoms with E-state index in [0.29, 0.717) is 35.8 Å². The summed E-state index contributed by atoms with van der Waals surface area (Å²) in [6, 6.07) is 6.52. The smallest absolute Gasteiger partial charge is 0.365 e. The maximum atomic E-state index is 12.7. The zero-order chi connectivity index (χ0) is 22.0. The molecule has 4 rings (SSSR count). The Morgan fingerprint density at radius 1 is 1.26 bits per heavy atom. The zero-order valence-electron chi connectivity index (χ0n) is 16.3. The quantitative estimate of drug-likeness (QED) is 0.497. The predicted molar refractivity (Wildman–Crippen MR) is 110 cm³/mol. The van der Waals surface area contributed by atoms with E-state index in [4.69, 9.17) is 0 Å². The number of hydrogen-bond acceptors (Lipinski definition) is 4. The summed E-state index contributed by atoms with van der Waals surface area (Å²) >= 11 is 0. The molecule has 0 saturated carbocycles. The number of H-pyrrole nitrogens is 1. The third-order valence-corrected chi connectivity index (χ3v) is 4.99. The molecular weight excluding hydrogens is 407 g/mol. The van der Waals surface area contributed by atoms with Gasteiger partial charge in [-0.15, -0.1) is 0 Å². The molecule has 0 unspecified atom stereocenters. The summed E-state index contributed by atoms with van der Waals surface area (Å²) in [7, 11) is 0. The summed E-state index contributed by atoms with van der Waals surface area (Å²) in [6.07, 6.45) is -0.856. The van der Waals surface area contributed by atoms with Crippen LogP contribution in [0.3, 0.4) is 0 Å². The second kappa shape index (κ2) is 8.14. The normalized spacial score (nSPS) is 16.1. The minimum absolute atomic E-state index is 0.0542. The highest BCUT2D eigenvalue weighted by atomic mass is 19.4. The van der Waals surface area contributed by atoms with Crippen LogP contribution in [-0.4, -0.2) is 44.9 Å². The van der Waals surface area contributed by atoms with Crippen LogP contribution < -0.4 is 5.32 Å². The largest absolute Gasteiger partial charge is 0.416 e. The Morgan fingerprint density at radius 2 is 2.03 bits per heavy atom. The summed E-state index contributed by atoms with van der Waals surface area (Å²) in [5.74, 6) is 6.29. The summed E-state index contributed by atoms with van der Waals surface area (Å²) in [5, 5.41) is 4.09. The van der Waals surface area contributed by atoms with Crippen molar-refractivity contribution in [1.82, 2.24) is 19.9 Å². The highest BCUT2D eigenvalue weighted by molar-refractivity contribution is 5.89. The van der Waals surface area contributed by atoms with E-state index in [-0.39, 0.29) is 11.9 Å². The second-order valence-electron chi connectivity index (χ2n) is 7.11. The van der Waals surface area contributed by atoms with Crippen molar-refractivity contribution in [3.63, 3.8) is 0 Å². The summed E-state index contributed by atoms with van der Waals surface area (Å²) < 4.78 is 38.0. The van der Waals surface area contributed by atoms with Crippen molar-refractivity contribution in [3.8, 4) is 11.8 Å². The van der Waals surface area contributed by atoms with Crippen LogP contribution in [0, 0.1) is 11.8 Å². The molecule has 1 aliphatic rings. The Kier molecular flexibility index (Phi) is 5.38. The lowest BCUT2D eigenvalue weighted by Crippen LogP contribution is -2.30. The van der Waals surface area contributed by atoms with E-state index in [9.17, 15) is 18.0 Å². The molecule has 0 radical (unpaired) electrons. The average Bonchev–Trinajstić information content (AvgIpc) is 3.39. The maximum Gasteiger partial charge on any atom is 0.416 e. The van der Waals surface area contributed by atoms with Gasteiger partial charge >= 0.3 is 6.18 Å². The molecule has 3 aromatic rings. The first-order chi connectivity index (χ1) is 14.8. The number of nitrogens with one attached hydrogen (secondary N) is 2. The minimum Gasteiger partial charge on any atom is -0.365 e. The molecule has 1 fully saturated rings. The van der Waals surface area contributed by atoms with Crippen LogP contribution in [0.15, 0.2) is 49.3 Å². The van der Waals surface area contributed by atoms with Crippen molar-refractivity contribution in [2.75, 3.05) is 18.4 Å². The Labute approximate surface area is 176 Å². The number of rotatable bonds is 3. The lowest BCUT2D eigenvalue weighted by Gasteiger charge is -2.15. The first-order valence-electron chi connectivity index (χ1n) is 9.54. The second-order valence-corrected chi connectivity index (χ2v) is 7.11. The van der Waals surface area contributed by atoms with Gasteiger partial charge in [0, 0.05) is 24.7 Å². The fraction of sp³-hybridized carbons (Fsp3) is 0.227. The lowest BCUT2D eigenvalue weighted by atomic mass is 10.1. The van der Waals surface area contributed by atoms with Crippen molar-refractivity contribution in [2.24, 2.45) is 0 Å². The molecular formula is C22H18F3N5O. The fourth-order valence-corrected chi connectivity index (χ4v) is 3.40. The maximum absolute atomic E-state index is 12.7. The lowest BCUT2D eigenvalue weighted by molar-refractivity contribution is -0.137. The number of amides is 1. The standard InChI is InChI=1S/C22H18F3N5O/c1-2-19(31)30-10-9-17(12-30)29-21-18-11-16(28-20(18)26-13-27-21)8-5-14-3-6-15(7-4-14)22(23,24)25/h2-4,6-7,11,13,17H,1,9-10,12H2,(H2,26,27,28,29)/t17-/m1/s1. The number of halogens is 3. The van der Waals surface area contributed by atoms with Gasteiger partial charge in [0.2, 0.25) is 5.91 Å². The highest BCUT2D eigenvalue weighted by Crippen LogP contribution is 2.29. The van der Waals surface area contributed by atoms with Gasteiger partial charge in [0.1, 0.15) is 17.8 Å². The number of aromatic nitrogens is 3. The van der Waals surface area contributed by atoms with Gasteiger partial charge in [-0.25, -0.2) is 9.97 Å². The van der Waals surface area contributed by atoms with Crippen LogP contribution in [0.5, 0.6) is 0 Å². The predicted octanol–water partition coefficient (Wildman–Crippen LogP) is 3.58. The molecule has 6 nitrogen and oxygen atoms in total. The van der Waals surface area contributed by atoms with Gasteiger partial charge < -0.3 is 15.2 Å². The van der Waals surface area contributed by atoms with Crippen LogP contribution >= 0.6 is 0 Å². The van der Waals surface area contributed by atoms with E-state index in [0.717, 1.165) is 23.9 Å². The van der Waals surface area contributed by atoms with E-state index in [2.05, 4.69) is 38.7 Å². The van der Waals surface area contributed by atoms with E-state index in [1.807, 2.05) is 0 Å². The van der Waals surface area contributed by atoms with Gasteiger partial charge in [-0.05, 0) is 48.7 Å². The number of carbonyl (C=O) groups is 1. The van der Waals surface area contributed by atoms with E-state index in [1.54, 1.807) is 11.0 Å². The van der Waals surface area contributed by atoms with Crippen molar-refractivity contribution >= 4 is 22.8 Å². The Balaban J connectivity index is 1.52. The molecule has 1 aromatic carbocycles. The number of carbonyl (C=O) groups excluding carboxylic acids is 1. The van der Waals surface area contributed by atoms with Crippen LogP contribution in [0.25, 0.3) is 11.0 Å². The summed E-state index contributed by atoms with van der Waals surface area (Å²) in [6.45, 7) is 4.72. The van der Waals surface area contributed by atoms with Crippen LogP contribution in [0.1, 0.15) is 23.2 Å². The molecule has 1 aliphatic heterocycles. The molecule has 31 heavy (non-hydrogen) atoms. The Morgan fingerprint density at radius 3 is 2.74 bits per heavy atom. The SMILES string of the molecule is C=CC(=O)N1CC[C@@H](Nc2ncnc3[nH]c(C#Cc4ccc(C(F)(F)F)cc4)cc23)C1. The van der Waals surface area contributed by atoms with Crippen molar-refractivity contribution in [2.45, 2.75) is 18.6 Å². The molecule has 2 aromatic heterocycles. The van der Waals surface area contributed by atoms with Gasteiger partial charge in [0.05, 0.1) is 16.6 Å². The van der Waals surface area contributed by atoms with E-state index < -0.39 is 11.7 Å². The number of likely N-dealkylation sites (tertiary alicyclic amines) is 1. The van der Waals surface area contributed by atoms with Gasteiger partial charge in [-0.2, -0.15) is 13.2 Å². The highest BCUT2D eigenvalue weighted by Gasteiger charge is 2.30. The van der Waals surface area contributed by atoms with E-state index in [1.165, 1.54) is 24.5 Å². The van der Waals surface area contributed by atoms with Gasteiger partial charge in [-0.1, -0.05) is 12.5 Å². The molecule has 0 aliphatic carbocycles. The van der Waals surface area contributed by atoms with Gasteiger partial charge in [-0.3, -0.25) is 4.79 Å². The number of anilines is 1. The molecule has 158 valence electrons. The Bertz CT molecular complexity index is 1190. The van der Waals surface area contributed by atoms with Gasteiger partial charge in [0.15, 0.2) is 0 Å². The molecule has 0 bridgehead atoms. The molecule has 9 heteroatoms. The number of hydrogen-bond donors (Lipinski definition) is 2. The third-order valence-electron chi connectivity index (χ3n) is 4.99. The monoisotopic (exact) mass is 425 g/mol. The zero-order valence-corrected chi connectivity index (χ0v) is 16.3. The molecule has 1 saturated heterocycles. The number of alkyl halides is 3.